The SMILES string of the molecule is O=C(NCC(F)F)c1ccc([N+](=O)[O-])c(F)c1. The van der Waals surface area contributed by atoms with Crippen molar-refractivity contribution in [3.05, 3.63) is 39.7 Å². The van der Waals surface area contributed by atoms with Gasteiger partial charge in [-0.2, -0.15) is 4.39 Å². The number of hydrogen-bond donors (Lipinski definition) is 1. The molecule has 0 fully saturated rings. The fourth-order valence-corrected chi connectivity index (χ4v) is 1.07. The van der Waals surface area contributed by atoms with Crippen molar-refractivity contribution in [1.82, 2.24) is 5.32 Å². The minimum atomic E-state index is -2.72. The lowest BCUT2D eigenvalue weighted by Gasteiger charge is -2.04. The molecule has 0 heterocycles. The summed E-state index contributed by atoms with van der Waals surface area (Å²) in [7, 11) is 0. The van der Waals surface area contributed by atoms with Crippen LogP contribution in [-0.2, 0) is 0 Å². The highest BCUT2D eigenvalue weighted by molar-refractivity contribution is 5.94. The first-order chi connectivity index (χ1) is 7.91. The van der Waals surface area contributed by atoms with Crippen LogP contribution < -0.4 is 5.32 Å². The molecule has 0 aliphatic rings. The third-order valence-corrected chi connectivity index (χ3v) is 1.82. The number of nitro benzene ring substituents is 1. The Morgan fingerprint density at radius 1 is 1.47 bits per heavy atom. The van der Waals surface area contributed by atoms with E-state index in [4.69, 9.17) is 0 Å². The van der Waals surface area contributed by atoms with Crippen molar-refractivity contribution >= 4 is 11.6 Å². The van der Waals surface area contributed by atoms with Gasteiger partial charge < -0.3 is 5.32 Å². The molecule has 0 unspecified atom stereocenters. The van der Waals surface area contributed by atoms with E-state index in [0.29, 0.717) is 6.07 Å². The van der Waals surface area contributed by atoms with Gasteiger partial charge in [-0.1, -0.05) is 0 Å². The molecule has 1 aromatic rings. The lowest BCUT2D eigenvalue weighted by molar-refractivity contribution is -0.387. The summed E-state index contributed by atoms with van der Waals surface area (Å²) in [5.74, 6) is -2.11. The van der Waals surface area contributed by atoms with Crippen molar-refractivity contribution in [1.29, 1.82) is 0 Å². The maximum atomic E-state index is 13.1. The molecule has 0 saturated carbocycles. The van der Waals surface area contributed by atoms with Gasteiger partial charge in [-0.05, 0) is 12.1 Å². The highest BCUT2D eigenvalue weighted by Gasteiger charge is 2.17. The Hall–Kier alpha value is -2.12. The van der Waals surface area contributed by atoms with E-state index >= 15 is 0 Å². The van der Waals surface area contributed by atoms with Crippen LogP contribution in [0, 0.1) is 15.9 Å². The maximum absolute atomic E-state index is 13.1. The Labute approximate surface area is 93.4 Å². The minimum absolute atomic E-state index is 0.256. The second-order valence-electron chi connectivity index (χ2n) is 3.02. The third kappa shape index (κ3) is 3.44. The number of benzene rings is 1. The Balaban J connectivity index is 2.83. The minimum Gasteiger partial charge on any atom is -0.346 e. The van der Waals surface area contributed by atoms with Crippen LogP contribution in [0.2, 0.25) is 0 Å². The van der Waals surface area contributed by atoms with Crippen molar-refractivity contribution in [3.63, 3.8) is 0 Å². The molecule has 92 valence electrons. The van der Waals surface area contributed by atoms with Crippen LogP contribution in [0.15, 0.2) is 18.2 Å². The average molecular weight is 248 g/mol. The number of nitro groups is 1. The monoisotopic (exact) mass is 248 g/mol. The lowest BCUT2D eigenvalue weighted by atomic mass is 10.2. The van der Waals surface area contributed by atoms with Crippen molar-refractivity contribution in [2.75, 3.05) is 6.54 Å². The standard InChI is InChI=1S/C9H7F3N2O3/c10-6-3-5(1-2-7(6)14(16)17)9(15)13-4-8(11)12/h1-3,8H,4H2,(H,13,15). The van der Waals surface area contributed by atoms with Gasteiger partial charge in [-0.25, -0.2) is 8.78 Å². The van der Waals surface area contributed by atoms with E-state index in [9.17, 15) is 28.1 Å². The van der Waals surface area contributed by atoms with Gasteiger partial charge in [0.1, 0.15) is 0 Å². The average Bonchev–Trinajstić information content (AvgIpc) is 2.25. The molecule has 8 heteroatoms. The van der Waals surface area contributed by atoms with Gasteiger partial charge in [0.25, 0.3) is 12.3 Å². The molecule has 1 amide bonds. The fraction of sp³-hybridized carbons (Fsp3) is 0.222. The molecule has 1 rings (SSSR count). The summed E-state index contributed by atoms with van der Waals surface area (Å²) in [5.41, 5.74) is -1.04. The van der Waals surface area contributed by atoms with Gasteiger partial charge in [0, 0.05) is 11.6 Å². The van der Waals surface area contributed by atoms with E-state index in [1.807, 2.05) is 5.32 Å². The van der Waals surface area contributed by atoms with Gasteiger partial charge in [0.2, 0.25) is 5.82 Å². The first-order valence-electron chi connectivity index (χ1n) is 4.42. The molecule has 1 N–H and O–H groups in total. The summed E-state index contributed by atoms with van der Waals surface area (Å²) in [4.78, 5) is 20.5. The topological polar surface area (TPSA) is 72.2 Å². The Bertz CT molecular complexity index is 451. The van der Waals surface area contributed by atoms with Crippen LogP contribution in [-0.4, -0.2) is 23.8 Å². The normalized spacial score (nSPS) is 10.4. The number of nitrogens with one attached hydrogen (secondary N) is 1. The summed E-state index contributed by atoms with van der Waals surface area (Å²) in [5, 5.41) is 12.1. The van der Waals surface area contributed by atoms with Gasteiger partial charge >= 0.3 is 5.69 Å². The van der Waals surface area contributed by atoms with Gasteiger partial charge in [-0.3, -0.25) is 14.9 Å². The number of amides is 1. The van der Waals surface area contributed by atoms with Crippen LogP contribution in [0.25, 0.3) is 0 Å². The molecule has 1 aromatic carbocycles. The number of halogens is 3. The van der Waals surface area contributed by atoms with E-state index in [1.165, 1.54) is 0 Å². The number of rotatable bonds is 4. The summed E-state index contributed by atoms with van der Waals surface area (Å²) in [6.45, 7) is -0.864. The van der Waals surface area contributed by atoms with Gasteiger partial charge in [-0.15, -0.1) is 0 Å². The molecule has 5 nitrogen and oxygen atoms in total. The lowest BCUT2D eigenvalue weighted by Crippen LogP contribution is -2.28. The van der Waals surface area contributed by atoms with Crippen molar-refractivity contribution < 1.29 is 22.9 Å². The molecule has 0 saturated heterocycles. The first kappa shape index (κ1) is 12.9. The molecule has 0 bridgehead atoms. The fourth-order valence-electron chi connectivity index (χ4n) is 1.07. The third-order valence-electron chi connectivity index (χ3n) is 1.82. The first-order valence-corrected chi connectivity index (χ1v) is 4.42. The largest absolute Gasteiger partial charge is 0.346 e. The summed E-state index contributed by atoms with van der Waals surface area (Å²) in [6, 6.07) is 2.41. The van der Waals surface area contributed by atoms with E-state index in [-0.39, 0.29) is 5.56 Å². The zero-order valence-electron chi connectivity index (χ0n) is 8.32. The Morgan fingerprint density at radius 3 is 2.59 bits per heavy atom. The second kappa shape index (κ2) is 5.28. The molecular formula is C9H7F3N2O3. The molecule has 0 spiro atoms. The van der Waals surface area contributed by atoms with Crippen molar-refractivity contribution in [2.24, 2.45) is 0 Å². The smallest absolute Gasteiger partial charge is 0.304 e. The van der Waals surface area contributed by atoms with Crippen LogP contribution in [0.5, 0.6) is 0 Å². The predicted octanol–water partition coefficient (Wildman–Crippen LogP) is 1.73. The molecule has 17 heavy (non-hydrogen) atoms. The highest BCUT2D eigenvalue weighted by atomic mass is 19.3. The molecular weight excluding hydrogens is 241 g/mol. The van der Waals surface area contributed by atoms with E-state index < -0.39 is 35.3 Å². The van der Waals surface area contributed by atoms with Crippen molar-refractivity contribution in [3.8, 4) is 0 Å². The molecule has 0 atom stereocenters. The molecule has 0 aliphatic heterocycles. The highest BCUT2D eigenvalue weighted by Crippen LogP contribution is 2.17. The van der Waals surface area contributed by atoms with Crippen LogP contribution in [0.1, 0.15) is 10.4 Å². The van der Waals surface area contributed by atoms with Crippen LogP contribution in [0.3, 0.4) is 0 Å². The summed E-state index contributed by atoms with van der Waals surface area (Å²) in [6.07, 6.45) is -2.72. The van der Waals surface area contributed by atoms with E-state index in [1.54, 1.807) is 0 Å². The van der Waals surface area contributed by atoms with Gasteiger partial charge in [0.05, 0.1) is 11.5 Å². The quantitative estimate of drug-likeness (QED) is 0.651. The number of carbonyl (C=O) groups is 1. The zero-order valence-corrected chi connectivity index (χ0v) is 8.32. The van der Waals surface area contributed by atoms with Crippen LogP contribution >= 0.6 is 0 Å². The predicted molar refractivity (Wildman–Crippen MR) is 51.4 cm³/mol. The summed E-state index contributed by atoms with van der Waals surface area (Å²) < 4.78 is 36.7. The Morgan fingerprint density at radius 2 is 2.12 bits per heavy atom. The second-order valence-corrected chi connectivity index (χ2v) is 3.02. The number of alkyl halides is 2. The summed E-state index contributed by atoms with van der Waals surface area (Å²) >= 11 is 0. The number of carbonyl (C=O) groups excluding carboxylic acids is 1. The molecule has 0 aliphatic carbocycles. The van der Waals surface area contributed by atoms with E-state index in [2.05, 4.69) is 0 Å². The van der Waals surface area contributed by atoms with E-state index in [0.717, 1.165) is 12.1 Å². The Kier molecular flexibility index (Phi) is 4.02. The molecule has 0 radical (unpaired) electrons. The number of nitrogens with zero attached hydrogens (tertiary/aromatic N) is 1. The maximum Gasteiger partial charge on any atom is 0.304 e. The number of hydrogen-bond acceptors (Lipinski definition) is 3. The molecule has 0 aromatic heterocycles. The van der Waals surface area contributed by atoms with Gasteiger partial charge in [0.15, 0.2) is 0 Å². The van der Waals surface area contributed by atoms with Crippen LogP contribution in [0.4, 0.5) is 18.9 Å². The van der Waals surface area contributed by atoms with Crippen molar-refractivity contribution in [2.45, 2.75) is 6.43 Å². The zero-order chi connectivity index (χ0) is 13.0.